The Morgan fingerprint density at radius 3 is 2.62 bits per heavy atom. The molecule has 1 N–H and O–H groups in total. The fourth-order valence-electron chi connectivity index (χ4n) is 2.98. The summed E-state index contributed by atoms with van der Waals surface area (Å²) in [6.45, 7) is 7.44. The number of nitrogens with zero attached hydrogens (tertiary/aromatic N) is 4. The van der Waals surface area contributed by atoms with E-state index >= 15 is 0 Å². The van der Waals surface area contributed by atoms with Gasteiger partial charge >= 0.3 is 0 Å². The summed E-state index contributed by atoms with van der Waals surface area (Å²) in [6.07, 6.45) is 3.38. The second kappa shape index (κ2) is 6.32. The second-order valence-corrected chi connectivity index (χ2v) is 7.17. The first-order valence-corrected chi connectivity index (χ1v) is 8.04. The first-order chi connectivity index (χ1) is 11.4. The van der Waals surface area contributed by atoms with Crippen LogP contribution in [0, 0.1) is 0 Å². The van der Waals surface area contributed by atoms with Crippen molar-refractivity contribution in [3.63, 3.8) is 0 Å². The summed E-state index contributed by atoms with van der Waals surface area (Å²) in [5.74, 6) is -0.0601. The van der Waals surface area contributed by atoms with E-state index in [2.05, 4.69) is 41.2 Å². The Hall–Kier alpha value is -2.28. The Bertz CT molecular complexity index is 691. The van der Waals surface area contributed by atoms with Crippen molar-refractivity contribution in [2.45, 2.75) is 38.2 Å². The van der Waals surface area contributed by atoms with Crippen LogP contribution in [0.25, 0.3) is 0 Å². The smallest absolute Gasteiger partial charge is 0.272 e. The van der Waals surface area contributed by atoms with Gasteiger partial charge in [0.1, 0.15) is 5.69 Å². The number of H-pyrrole nitrogens is 1. The minimum absolute atomic E-state index is 0.0153. The SMILES string of the molecule is CO[C@@H]1CN(C(=O)c2ccc(C(C)(C)C)cn2)C[C@H]1c1cn[nH]n1. The minimum Gasteiger partial charge on any atom is -0.379 e. The highest BCUT2D eigenvalue weighted by molar-refractivity contribution is 5.92. The van der Waals surface area contributed by atoms with Crippen molar-refractivity contribution in [2.24, 2.45) is 0 Å². The number of amides is 1. The van der Waals surface area contributed by atoms with E-state index in [-0.39, 0.29) is 23.3 Å². The van der Waals surface area contributed by atoms with Gasteiger partial charge in [0.15, 0.2) is 0 Å². The molecule has 7 nitrogen and oxygen atoms in total. The molecule has 0 spiro atoms. The molecule has 1 fully saturated rings. The Kier molecular flexibility index (Phi) is 4.36. The van der Waals surface area contributed by atoms with E-state index in [0.29, 0.717) is 18.8 Å². The van der Waals surface area contributed by atoms with Crippen molar-refractivity contribution >= 4 is 5.91 Å². The summed E-state index contributed by atoms with van der Waals surface area (Å²) in [6, 6.07) is 3.77. The summed E-state index contributed by atoms with van der Waals surface area (Å²) < 4.78 is 5.53. The molecular weight excluding hydrogens is 306 g/mol. The third-order valence-corrected chi connectivity index (χ3v) is 4.52. The van der Waals surface area contributed by atoms with E-state index < -0.39 is 0 Å². The fraction of sp³-hybridized carbons (Fsp3) is 0.529. The van der Waals surface area contributed by atoms with E-state index in [9.17, 15) is 4.79 Å². The second-order valence-electron chi connectivity index (χ2n) is 7.17. The zero-order valence-corrected chi connectivity index (χ0v) is 14.5. The molecule has 1 saturated heterocycles. The van der Waals surface area contributed by atoms with E-state index in [1.807, 2.05) is 6.07 Å². The lowest BCUT2D eigenvalue weighted by Gasteiger charge is -2.19. The van der Waals surface area contributed by atoms with Crippen molar-refractivity contribution in [1.82, 2.24) is 25.3 Å². The number of methoxy groups -OCH3 is 1. The minimum atomic E-state index is -0.0899. The van der Waals surface area contributed by atoms with Gasteiger partial charge in [-0.05, 0) is 17.0 Å². The van der Waals surface area contributed by atoms with E-state index in [4.69, 9.17) is 4.74 Å². The monoisotopic (exact) mass is 329 g/mol. The number of hydrogen-bond donors (Lipinski definition) is 1. The Labute approximate surface area is 141 Å². The fourth-order valence-corrected chi connectivity index (χ4v) is 2.98. The number of likely N-dealkylation sites (tertiary alicyclic amines) is 1. The molecule has 0 bridgehead atoms. The topological polar surface area (TPSA) is 84.0 Å². The molecule has 0 aromatic carbocycles. The number of ether oxygens (including phenoxy) is 1. The highest BCUT2D eigenvalue weighted by Crippen LogP contribution is 2.29. The van der Waals surface area contributed by atoms with Crippen LogP contribution in [0.5, 0.6) is 0 Å². The number of aromatic nitrogens is 4. The highest BCUT2D eigenvalue weighted by atomic mass is 16.5. The van der Waals surface area contributed by atoms with Crippen molar-refractivity contribution in [1.29, 1.82) is 0 Å². The molecule has 0 unspecified atom stereocenters. The summed E-state index contributed by atoms with van der Waals surface area (Å²) in [5, 5.41) is 10.6. The maximum Gasteiger partial charge on any atom is 0.272 e. The standard InChI is InChI=1S/C17H23N5O2/c1-17(2,3)11-5-6-13(18-7-11)16(23)22-9-12(15(10-22)24-4)14-8-19-21-20-14/h5-8,12,15H,9-10H2,1-4H3,(H,19,20,21)/t12-,15+/m0/s1. The average molecular weight is 329 g/mol. The van der Waals surface area contributed by atoms with Crippen LogP contribution in [0.15, 0.2) is 24.5 Å². The number of carbonyl (C=O) groups excluding carboxylic acids is 1. The number of rotatable bonds is 3. The van der Waals surface area contributed by atoms with Crippen LogP contribution in [0.3, 0.4) is 0 Å². The van der Waals surface area contributed by atoms with Gasteiger partial charge in [0.05, 0.1) is 23.9 Å². The molecule has 2 atom stereocenters. The molecular formula is C17H23N5O2. The zero-order valence-electron chi connectivity index (χ0n) is 14.5. The van der Waals surface area contributed by atoms with Gasteiger partial charge in [0.2, 0.25) is 0 Å². The molecule has 2 aromatic heterocycles. The van der Waals surface area contributed by atoms with Crippen LogP contribution in [0.1, 0.15) is 48.4 Å². The lowest BCUT2D eigenvalue weighted by Crippen LogP contribution is -2.30. The largest absolute Gasteiger partial charge is 0.379 e. The molecule has 0 aliphatic carbocycles. The molecule has 128 valence electrons. The van der Waals surface area contributed by atoms with Crippen LogP contribution in [0.4, 0.5) is 0 Å². The molecule has 0 saturated carbocycles. The third-order valence-electron chi connectivity index (χ3n) is 4.52. The Balaban J connectivity index is 1.76. The summed E-state index contributed by atoms with van der Waals surface area (Å²) in [4.78, 5) is 18.9. The molecule has 3 rings (SSSR count). The number of aromatic amines is 1. The summed E-state index contributed by atoms with van der Waals surface area (Å²) >= 11 is 0. The Morgan fingerprint density at radius 1 is 1.29 bits per heavy atom. The van der Waals surface area contributed by atoms with Crippen molar-refractivity contribution in [2.75, 3.05) is 20.2 Å². The van der Waals surface area contributed by atoms with Crippen LogP contribution in [0.2, 0.25) is 0 Å². The van der Waals surface area contributed by atoms with Crippen molar-refractivity contribution in [3.05, 3.63) is 41.5 Å². The van der Waals surface area contributed by atoms with Gasteiger partial charge in [-0.3, -0.25) is 9.78 Å². The highest BCUT2D eigenvalue weighted by Gasteiger charge is 2.38. The van der Waals surface area contributed by atoms with Crippen LogP contribution < -0.4 is 0 Å². The van der Waals surface area contributed by atoms with Gasteiger partial charge in [-0.1, -0.05) is 26.8 Å². The quantitative estimate of drug-likeness (QED) is 0.927. The molecule has 2 aromatic rings. The Morgan fingerprint density at radius 2 is 2.08 bits per heavy atom. The van der Waals surface area contributed by atoms with Gasteiger partial charge in [-0.2, -0.15) is 15.4 Å². The number of pyridine rings is 1. The predicted molar refractivity (Wildman–Crippen MR) is 88.8 cm³/mol. The first kappa shape index (κ1) is 16.6. The van der Waals surface area contributed by atoms with Gasteiger partial charge < -0.3 is 9.64 Å². The number of hydrogen-bond acceptors (Lipinski definition) is 5. The third kappa shape index (κ3) is 3.17. The summed E-state index contributed by atoms with van der Waals surface area (Å²) in [7, 11) is 1.65. The number of nitrogens with one attached hydrogen (secondary N) is 1. The van der Waals surface area contributed by atoms with E-state index in [1.165, 1.54) is 0 Å². The van der Waals surface area contributed by atoms with Gasteiger partial charge in [-0.25, -0.2) is 0 Å². The van der Waals surface area contributed by atoms with Crippen molar-refractivity contribution < 1.29 is 9.53 Å². The zero-order chi connectivity index (χ0) is 17.3. The maximum absolute atomic E-state index is 12.7. The van der Waals surface area contributed by atoms with Crippen LogP contribution in [-0.4, -0.2) is 57.5 Å². The molecule has 24 heavy (non-hydrogen) atoms. The predicted octanol–water partition coefficient (Wildman–Crippen LogP) is 1.75. The molecule has 0 radical (unpaired) electrons. The average Bonchev–Trinajstić information content (AvgIpc) is 3.22. The normalized spacial score (nSPS) is 21.2. The maximum atomic E-state index is 12.7. The molecule has 1 aliphatic rings. The summed E-state index contributed by atoms with van der Waals surface area (Å²) in [5.41, 5.74) is 2.39. The lowest BCUT2D eigenvalue weighted by molar-refractivity contribution is 0.0709. The van der Waals surface area contributed by atoms with Crippen LogP contribution in [-0.2, 0) is 10.2 Å². The molecule has 3 heterocycles. The molecule has 1 amide bonds. The molecule has 1 aliphatic heterocycles. The lowest BCUT2D eigenvalue weighted by atomic mass is 9.88. The van der Waals surface area contributed by atoms with Gasteiger partial charge in [0.25, 0.3) is 5.91 Å². The van der Waals surface area contributed by atoms with Gasteiger partial charge in [-0.15, -0.1) is 0 Å². The molecule has 7 heteroatoms. The first-order valence-electron chi connectivity index (χ1n) is 8.04. The van der Waals surface area contributed by atoms with Crippen LogP contribution >= 0.6 is 0 Å². The van der Waals surface area contributed by atoms with Gasteiger partial charge in [0, 0.05) is 26.4 Å². The number of carbonyl (C=O) groups is 1. The van der Waals surface area contributed by atoms with E-state index in [0.717, 1.165) is 11.3 Å². The van der Waals surface area contributed by atoms with E-state index in [1.54, 1.807) is 30.5 Å². The van der Waals surface area contributed by atoms with Crippen molar-refractivity contribution in [3.8, 4) is 0 Å².